The van der Waals surface area contributed by atoms with Crippen LogP contribution in [0.5, 0.6) is 0 Å². The average molecular weight is 346 g/mol. The van der Waals surface area contributed by atoms with Crippen molar-refractivity contribution in [3.63, 3.8) is 0 Å². The Morgan fingerprint density at radius 2 is 2.06 bits per heavy atom. The maximum absolute atomic E-state index is 11.9. The summed E-state index contributed by atoms with van der Waals surface area (Å²) in [5.74, 6) is -0.00975. The minimum absolute atomic E-state index is 0.00975. The van der Waals surface area contributed by atoms with Crippen molar-refractivity contribution in [3.8, 4) is 0 Å². The Kier molecular flexibility index (Phi) is 6.47. The van der Waals surface area contributed by atoms with Crippen molar-refractivity contribution >= 4 is 28.5 Å². The van der Waals surface area contributed by atoms with Crippen molar-refractivity contribution in [2.24, 2.45) is 0 Å². The van der Waals surface area contributed by atoms with E-state index >= 15 is 0 Å². The summed E-state index contributed by atoms with van der Waals surface area (Å²) in [5.41, 5.74) is 2.43. The van der Waals surface area contributed by atoms with E-state index in [2.05, 4.69) is 32.9 Å². The first kappa shape index (κ1) is 14.4. The number of unbranched alkanes of at least 4 members (excludes halogenated alkanes) is 2. The molecule has 0 aromatic carbocycles. The first-order valence-electron chi connectivity index (χ1n) is 5.93. The molecule has 0 unspecified atom stereocenters. The topological polar surface area (TPSA) is 42.0 Å². The molecule has 0 bridgehead atoms. The van der Waals surface area contributed by atoms with Crippen LogP contribution in [0.15, 0.2) is 12.1 Å². The fraction of sp³-hybridized carbons (Fsp3) is 0.538. The SMILES string of the molecule is Cc1ccc(C(=O)NCCCCCI)c(C)n1. The van der Waals surface area contributed by atoms with Crippen molar-refractivity contribution in [3.05, 3.63) is 29.1 Å². The van der Waals surface area contributed by atoms with Gasteiger partial charge in [-0.15, -0.1) is 0 Å². The number of halogens is 1. The van der Waals surface area contributed by atoms with E-state index in [1.54, 1.807) is 0 Å². The summed E-state index contributed by atoms with van der Waals surface area (Å²) < 4.78 is 1.19. The van der Waals surface area contributed by atoms with Crippen molar-refractivity contribution in [1.82, 2.24) is 10.3 Å². The van der Waals surface area contributed by atoms with Crippen molar-refractivity contribution in [1.29, 1.82) is 0 Å². The van der Waals surface area contributed by atoms with E-state index in [0.717, 1.165) is 24.4 Å². The molecule has 0 aliphatic heterocycles. The molecule has 0 aliphatic carbocycles. The zero-order valence-electron chi connectivity index (χ0n) is 10.4. The minimum Gasteiger partial charge on any atom is -0.352 e. The number of pyridine rings is 1. The van der Waals surface area contributed by atoms with Crippen LogP contribution in [0.4, 0.5) is 0 Å². The number of nitrogens with zero attached hydrogens (tertiary/aromatic N) is 1. The summed E-state index contributed by atoms with van der Waals surface area (Å²) in [7, 11) is 0. The smallest absolute Gasteiger partial charge is 0.253 e. The summed E-state index contributed by atoms with van der Waals surface area (Å²) >= 11 is 2.37. The molecule has 1 rings (SSSR count). The van der Waals surface area contributed by atoms with Gasteiger partial charge in [-0.1, -0.05) is 29.0 Å². The largest absolute Gasteiger partial charge is 0.352 e. The van der Waals surface area contributed by atoms with Gasteiger partial charge in [0, 0.05) is 12.2 Å². The van der Waals surface area contributed by atoms with Gasteiger partial charge in [0.25, 0.3) is 5.91 Å². The van der Waals surface area contributed by atoms with E-state index in [1.807, 2.05) is 26.0 Å². The molecular formula is C13H19IN2O. The van der Waals surface area contributed by atoms with Crippen molar-refractivity contribution in [2.75, 3.05) is 11.0 Å². The zero-order valence-corrected chi connectivity index (χ0v) is 12.6. The van der Waals surface area contributed by atoms with Gasteiger partial charge >= 0.3 is 0 Å². The van der Waals surface area contributed by atoms with Crippen LogP contribution in [-0.4, -0.2) is 21.9 Å². The van der Waals surface area contributed by atoms with E-state index in [0.29, 0.717) is 5.56 Å². The van der Waals surface area contributed by atoms with Crippen molar-refractivity contribution < 1.29 is 4.79 Å². The molecule has 1 aromatic heterocycles. The molecular weight excluding hydrogens is 327 g/mol. The molecule has 0 atom stereocenters. The quantitative estimate of drug-likeness (QED) is 0.489. The number of hydrogen-bond acceptors (Lipinski definition) is 2. The Balaban J connectivity index is 2.42. The number of aromatic nitrogens is 1. The Hall–Kier alpha value is -0.650. The first-order valence-corrected chi connectivity index (χ1v) is 7.46. The number of carbonyl (C=O) groups excluding carboxylic acids is 1. The highest BCUT2D eigenvalue weighted by molar-refractivity contribution is 14.1. The maximum atomic E-state index is 11.9. The van der Waals surface area contributed by atoms with Gasteiger partial charge in [0.05, 0.1) is 11.3 Å². The van der Waals surface area contributed by atoms with Gasteiger partial charge in [0.1, 0.15) is 0 Å². The van der Waals surface area contributed by atoms with Crippen LogP contribution < -0.4 is 5.32 Å². The molecule has 4 heteroatoms. The van der Waals surface area contributed by atoms with Crippen LogP contribution in [0.25, 0.3) is 0 Å². The highest BCUT2D eigenvalue weighted by atomic mass is 127. The van der Waals surface area contributed by atoms with E-state index in [4.69, 9.17) is 0 Å². The summed E-state index contributed by atoms with van der Waals surface area (Å²) in [6, 6.07) is 3.72. The molecule has 1 aromatic rings. The molecule has 1 N–H and O–H groups in total. The van der Waals surface area contributed by atoms with Gasteiger partial charge in [-0.3, -0.25) is 9.78 Å². The molecule has 0 saturated carbocycles. The number of hydrogen-bond donors (Lipinski definition) is 1. The maximum Gasteiger partial charge on any atom is 0.253 e. The van der Waals surface area contributed by atoms with Gasteiger partial charge in [-0.25, -0.2) is 0 Å². The highest BCUT2D eigenvalue weighted by Crippen LogP contribution is 2.06. The molecule has 3 nitrogen and oxygen atoms in total. The molecule has 94 valence electrons. The second-order valence-electron chi connectivity index (χ2n) is 4.09. The fourth-order valence-electron chi connectivity index (χ4n) is 1.62. The molecule has 0 saturated heterocycles. The van der Waals surface area contributed by atoms with Crippen LogP contribution in [0.1, 0.15) is 41.0 Å². The van der Waals surface area contributed by atoms with Gasteiger partial charge in [-0.2, -0.15) is 0 Å². The number of carbonyl (C=O) groups is 1. The lowest BCUT2D eigenvalue weighted by molar-refractivity contribution is 0.0952. The zero-order chi connectivity index (χ0) is 12.7. The molecule has 1 heterocycles. The normalized spacial score (nSPS) is 10.3. The summed E-state index contributed by atoms with van der Waals surface area (Å²) in [6.45, 7) is 4.56. The Morgan fingerprint density at radius 1 is 1.29 bits per heavy atom. The van der Waals surface area contributed by atoms with Gasteiger partial charge in [0.15, 0.2) is 0 Å². The number of alkyl halides is 1. The standard InChI is InChI=1S/C13H19IN2O/c1-10-6-7-12(11(2)16-10)13(17)15-9-5-3-4-8-14/h6-7H,3-5,8-9H2,1-2H3,(H,15,17). The molecule has 0 fully saturated rings. The Morgan fingerprint density at radius 3 is 2.71 bits per heavy atom. The lowest BCUT2D eigenvalue weighted by atomic mass is 10.1. The van der Waals surface area contributed by atoms with Crippen molar-refractivity contribution in [2.45, 2.75) is 33.1 Å². The molecule has 17 heavy (non-hydrogen) atoms. The van der Waals surface area contributed by atoms with Gasteiger partial charge in [-0.05, 0) is 43.2 Å². The predicted molar refractivity (Wildman–Crippen MR) is 78.8 cm³/mol. The number of aryl methyl sites for hydroxylation is 2. The van der Waals surface area contributed by atoms with E-state index in [9.17, 15) is 4.79 Å². The van der Waals surface area contributed by atoms with Crippen LogP contribution in [-0.2, 0) is 0 Å². The lowest BCUT2D eigenvalue weighted by Gasteiger charge is -2.07. The number of amides is 1. The average Bonchev–Trinajstić information content (AvgIpc) is 2.28. The third-order valence-corrected chi connectivity index (χ3v) is 3.33. The number of nitrogens with one attached hydrogen (secondary N) is 1. The highest BCUT2D eigenvalue weighted by Gasteiger charge is 2.08. The minimum atomic E-state index is -0.00975. The summed E-state index contributed by atoms with van der Waals surface area (Å²) in [4.78, 5) is 16.1. The Labute approximate surface area is 117 Å². The van der Waals surface area contributed by atoms with E-state index in [-0.39, 0.29) is 5.91 Å². The Bertz CT molecular complexity index is 380. The summed E-state index contributed by atoms with van der Waals surface area (Å²) in [5, 5.41) is 2.94. The predicted octanol–water partition coefficient (Wildman–Crippen LogP) is 3.03. The third kappa shape index (κ3) is 5.02. The molecule has 1 amide bonds. The fourth-order valence-corrected chi connectivity index (χ4v) is 2.16. The molecule has 0 aliphatic rings. The van der Waals surface area contributed by atoms with Gasteiger partial charge in [0.2, 0.25) is 0 Å². The van der Waals surface area contributed by atoms with Gasteiger partial charge < -0.3 is 5.32 Å². The second kappa shape index (κ2) is 7.63. The van der Waals surface area contributed by atoms with Crippen LogP contribution >= 0.6 is 22.6 Å². The van der Waals surface area contributed by atoms with E-state index < -0.39 is 0 Å². The second-order valence-corrected chi connectivity index (χ2v) is 5.17. The van der Waals surface area contributed by atoms with Crippen LogP contribution in [0.3, 0.4) is 0 Å². The number of rotatable bonds is 6. The molecule has 0 radical (unpaired) electrons. The summed E-state index contributed by atoms with van der Waals surface area (Å²) in [6.07, 6.45) is 3.45. The van der Waals surface area contributed by atoms with E-state index in [1.165, 1.54) is 17.3 Å². The lowest BCUT2D eigenvalue weighted by Crippen LogP contribution is -2.25. The van der Waals surface area contributed by atoms with Crippen LogP contribution in [0.2, 0.25) is 0 Å². The monoisotopic (exact) mass is 346 g/mol. The molecule has 0 spiro atoms. The first-order chi connectivity index (χ1) is 8.15. The van der Waals surface area contributed by atoms with Crippen LogP contribution in [0, 0.1) is 13.8 Å². The third-order valence-electron chi connectivity index (χ3n) is 2.57.